The summed E-state index contributed by atoms with van der Waals surface area (Å²) in [5.41, 5.74) is 2.29. The van der Waals surface area contributed by atoms with Gasteiger partial charge in [0.1, 0.15) is 18.5 Å². The van der Waals surface area contributed by atoms with Crippen molar-refractivity contribution in [2.75, 3.05) is 19.7 Å². The van der Waals surface area contributed by atoms with Crippen LogP contribution in [0.5, 0.6) is 5.75 Å². The van der Waals surface area contributed by atoms with Crippen molar-refractivity contribution < 1.29 is 9.84 Å². The van der Waals surface area contributed by atoms with Crippen LogP contribution in [-0.2, 0) is 0 Å². The minimum absolute atomic E-state index is 0.345. The highest BCUT2D eigenvalue weighted by molar-refractivity contribution is 5.35. The predicted molar refractivity (Wildman–Crippen MR) is 86.8 cm³/mol. The van der Waals surface area contributed by atoms with Crippen molar-refractivity contribution in [3.63, 3.8) is 0 Å². The fourth-order valence-electron chi connectivity index (χ4n) is 3.07. The third kappa shape index (κ3) is 5.01. The summed E-state index contributed by atoms with van der Waals surface area (Å²) < 4.78 is 5.73. The first-order valence-electron chi connectivity index (χ1n) is 8.15. The highest BCUT2D eigenvalue weighted by Crippen LogP contribution is 2.30. The first-order chi connectivity index (χ1) is 10.1. The fourth-order valence-corrected chi connectivity index (χ4v) is 3.07. The quantitative estimate of drug-likeness (QED) is 0.811. The molecule has 3 atom stereocenters. The molecule has 1 aliphatic carbocycles. The van der Waals surface area contributed by atoms with Gasteiger partial charge in [0.2, 0.25) is 0 Å². The van der Waals surface area contributed by atoms with E-state index in [0.717, 1.165) is 29.7 Å². The molecule has 1 aliphatic rings. The van der Waals surface area contributed by atoms with Gasteiger partial charge in [0.05, 0.1) is 0 Å². The van der Waals surface area contributed by atoms with E-state index in [-0.39, 0.29) is 0 Å². The second kappa shape index (κ2) is 7.81. The lowest BCUT2D eigenvalue weighted by Gasteiger charge is -2.18. The lowest BCUT2D eigenvalue weighted by molar-refractivity contribution is 0.104. The van der Waals surface area contributed by atoms with Crippen molar-refractivity contribution in [2.45, 2.75) is 46.1 Å². The van der Waals surface area contributed by atoms with Gasteiger partial charge in [-0.05, 0) is 55.8 Å². The van der Waals surface area contributed by atoms with Gasteiger partial charge in [-0.3, -0.25) is 0 Å². The van der Waals surface area contributed by atoms with E-state index in [1.54, 1.807) is 0 Å². The number of nitrogens with one attached hydrogen (secondary N) is 1. The van der Waals surface area contributed by atoms with Gasteiger partial charge in [-0.2, -0.15) is 0 Å². The molecule has 1 fully saturated rings. The van der Waals surface area contributed by atoms with Gasteiger partial charge in [-0.15, -0.1) is 0 Å². The van der Waals surface area contributed by atoms with Crippen molar-refractivity contribution in [1.82, 2.24) is 5.32 Å². The smallest absolute Gasteiger partial charge is 0.122 e. The standard InChI is InChI=1S/C18H29NO2/c1-13-7-8-15(3)18(9-13)21-12-17(20)11-19-10-16-6-4-5-14(16)2/h7-9,14,16-17,19-20H,4-6,10-12H2,1-3H3. The number of aliphatic hydroxyl groups excluding tert-OH is 1. The Kier molecular flexibility index (Phi) is 6.07. The number of aryl methyl sites for hydroxylation is 2. The summed E-state index contributed by atoms with van der Waals surface area (Å²) in [6, 6.07) is 6.15. The van der Waals surface area contributed by atoms with Crippen LogP contribution in [0.3, 0.4) is 0 Å². The summed E-state index contributed by atoms with van der Waals surface area (Å²) in [4.78, 5) is 0. The summed E-state index contributed by atoms with van der Waals surface area (Å²) in [5.74, 6) is 2.47. The van der Waals surface area contributed by atoms with E-state index < -0.39 is 6.10 Å². The molecular formula is C18H29NO2. The molecule has 1 aromatic rings. The summed E-state index contributed by atoms with van der Waals surface area (Å²) in [7, 11) is 0. The third-order valence-electron chi connectivity index (χ3n) is 4.60. The molecule has 118 valence electrons. The second-order valence-electron chi connectivity index (χ2n) is 6.56. The minimum atomic E-state index is -0.457. The molecule has 0 aromatic heterocycles. The van der Waals surface area contributed by atoms with E-state index in [4.69, 9.17) is 4.74 Å². The second-order valence-corrected chi connectivity index (χ2v) is 6.56. The van der Waals surface area contributed by atoms with Crippen LogP contribution in [0.2, 0.25) is 0 Å². The van der Waals surface area contributed by atoms with E-state index in [2.05, 4.69) is 24.4 Å². The Labute approximate surface area is 128 Å². The van der Waals surface area contributed by atoms with Crippen LogP contribution in [-0.4, -0.2) is 30.9 Å². The average Bonchev–Trinajstić information content (AvgIpc) is 2.85. The summed E-state index contributed by atoms with van der Waals surface area (Å²) in [6.45, 7) is 8.38. The number of hydrogen-bond acceptors (Lipinski definition) is 3. The van der Waals surface area contributed by atoms with Crippen LogP contribution in [0.1, 0.15) is 37.3 Å². The molecule has 0 heterocycles. The minimum Gasteiger partial charge on any atom is -0.491 e. The lowest BCUT2D eigenvalue weighted by Crippen LogP contribution is -2.34. The predicted octanol–water partition coefficient (Wildman–Crippen LogP) is 3.07. The SMILES string of the molecule is Cc1ccc(C)c(OCC(O)CNCC2CCCC2C)c1. The van der Waals surface area contributed by atoms with Crippen LogP contribution in [0.4, 0.5) is 0 Å². The van der Waals surface area contributed by atoms with E-state index in [1.165, 1.54) is 24.8 Å². The lowest BCUT2D eigenvalue weighted by atomic mass is 9.98. The maximum atomic E-state index is 10.0. The first kappa shape index (κ1) is 16.3. The number of aliphatic hydroxyl groups is 1. The van der Waals surface area contributed by atoms with Crippen LogP contribution in [0.25, 0.3) is 0 Å². The summed E-state index contributed by atoms with van der Waals surface area (Å²) in [6.07, 6.45) is 3.57. The molecule has 21 heavy (non-hydrogen) atoms. The van der Waals surface area contributed by atoms with E-state index in [0.29, 0.717) is 13.2 Å². The Morgan fingerprint density at radius 3 is 2.86 bits per heavy atom. The van der Waals surface area contributed by atoms with Gasteiger partial charge in [-0.1, -0.05) is 31.9 Å². The van der Waals surface area contributed by atoms with Gasteiger partial charge in [0.25, 0.3) is 0 Å². The van der Waals surface area contributed by atoms with Crippen molar-refractivity contribution in [1.29, 1.82) is 0 Å². The molecule has 3 nitrogen and oxygen atoms in total. The van der Waals surface area contributed by atoms with Gasteiger partial charge in [0.15, 0.2) is 0 Å². The maximum Gasteiger partial charge on any atom is 0.122 e. The molecule has 0 aliphatic heterocycles. The molecule has 2 rings (SSSR count). The molecule has 3 unspecified atom stereocenters. The van der Waals surface area contributed by atoms with Crippen molar-refractivity contribution in [2.24, 2.45) is 11.8 Å². The monoisotopic (exact) mass is 291 g/mol. The fraction of sp³-hybridized carbons (Fsp3) is 0.667. The first-order valence-corrected chi connectivity index (χ1v) is 8.15. The average molecular weight is 291 g/mol. The highest BCUT2D eigenvalue weighted by Gasteiger charge is 2.22. The van der Waals surface area contributed by atoms with Gasteiger partial charge in [0, 0.05) is 6.54 Å². The zero-order valence-corrected chi connectivity index (χ0v) is 13.6. The molecule has 1 aromatic carbocycles. The molecule has 1 saturated carbocycles. The molecule has 2 N–H and O–H groups in total. The van der Waals surface area contributed by atoms with Crippen molar-refractivity contribution in [3.8, 4) is 5.75 Å². The number of hydrogen-bond donors (Lipinski definition) is 2. The van der Waals surface area contributed by atoms with Crippen LogP contribution < -0.4 is 10.1 Å². The Bertz CT molecular complexity index is 447. The van der Waals surface area contributed by atoms with Gasteiger partial charge < -0.3 is 15.2 Å². The van der Waals surface area contributed by atoms with Gasteiger partial charge >= 0.3 is 0 Å². The number of benzene rings is 1. The van der Waals surface area contributed by atoms with Crippen LogP contribution >= 0.6 is 0 Å². The zero-order chi connectivity index (χ0) is 15.2. The molecular weight excluding hydrogens is 262 g/mol. The molecule has 0 radical (unpaired) electrons. The Morgan fingerprint density at radius 1 is 1.33 bits per heavy atom. The van der Waals surface area contributed by atoms with E-state index >= 15 is 0 Å². The summed E-state index contributed by atoms with van der Waals surface area (Å²) >= 11 is 0. The topological polar surface area (TPSA) is 41.5 Å². The molecule has 0 spiro atoms. The summed E-state index contributed by atoms with van der Waals surface area (Å²) in [5, 5.41) is 13.4. The molecule has 0 saturated heterocycles. The van der Waals surface area contributed by atoms with E-state index in [9.17, 15) is 5.11 Å². The Hall–Kier alpha value is -1.06. The van der Waals surface area contributed by atoms with Crippen molar-refractivity contribution >= 4 is 0 Å². The number of rotatable bonds is 7. The number of ether oxygens (including phenoxy) is 1. The molecule has 0 amide bonds. The van der Waals surface area contributed by atoms with Crippen LogP contribution in [0, 0.1) is 25.7 Å². The van der Waals surface area contributed by atoms with Crippen LogP contribution in [0.15, 0.2) is 18.2 Å². The Morgan fingerprint density at radius 2 is 2.14 bits per heavy atom. The van der Waals surface area contributed by atoms with Crippen molar-refractivity contribution in [3.05, 3.63) is 29.3 Å². The maximum absolute atomic E-state index is 10.0. The highest BCUT2D eigenvalue weighted by atomic mass is 16.5. The molecule has 3 heteroatoms. The largest absolute Gasteiger partial charge is 0.491 e. The normalized spacial score (nSPS) is 23.2. The molecule has 0 bridgehead atoms. The third-order valence-corrected chi connectivity index (χ3v) is 4.60. The Balaban J connectivity index is 1.67. The van der Waals surface area contributed by atoms with Gasteiger partial charge in [-0.25, -0.2) is 0 Å². The zero-order valence-electron chi connectivity index (χ0n) is 13.6. The van der Waals surface area contributed by atoms with E-state index in [1.807, 2.05) is 19.9 Å².